The number of nitrogens with zero attached hydrogens (tertiary/aromatic N) is 1. The summed E-state index contributed by atoms with van der Waals surface area (Å²) in [7, 11) is 0. The summed E-state index contributed by atoms with van der Waals surface area (Å²) in [5.74, 6) is -1.16. The first-order valence-corrected chi connectivity index (χ1v) is 5.41. The second-order valence-electron chi connectivity index (χ2n) is 3.18. The molecule has 0 N–H and O–H groups in total. The largest absolute Gasteiger partial charge is 0.766 e. The summed E-state index contributed by atoms with van der Waals surface area (Å²) in [6.45, 7) is 1.45. The summed E-state index contributed by atoms with van der Waals surface area (Å²) in [6.07, 6.45) is -2.42. The van der Waals surface area contributed by atoms with Crippen molar-refractivity contribution in [1.29, 1.82) is 0 Å². The quantitative estimate of drug-likeness (QED) is 0.365. The van der Waals surface area contributed by atoms with Gasteiger partial charge in [0.05, 0.1) is 6.61 Å². The first-order valence-electron chi connectivity index (χ1n) is 5.00. The lowest BCUT2D eigenvalue weighted by Gasteiger charge is -2.15. The van der Waals surface area contributed by atoms with Crippen molar-refractivity contribution in [3.8, 4) is 0 Å². The number of pyridine rings is 1. The van der Waals surface area contributed by atoms with Crippen LogP contribution < -0.4 is 4.57 Å². The Morgan fingerprint density at radius 1 is 1.28 bits per heavy atom. The van der Waals surface area contributed by atoms with E-state index in [0.717, 1.165) is 17.0 Å². The van der Waals surface area contributed by atoms with E-state index < -0.39 is 22.7 Å². The second kappa shape index (κ2) is 5.81. The molecule has 0 unspecified atom stereocenters. The lowest BCUT2D eigenvalue weighted by atomic mass is 10.3. The summed E-state index contributed by atoms with van der Waals surface area (Å²) >= 11 is 4.54. The second-order valence-corrected chi connectivity index (χ2v) is 3.59. The van der Waals surface area contributed by atoms with Gasteiger partial charge in [0.25, 0.3) is 5.70 Å². The van der Waals surface area contributed by atoms with Crippen LogP contribution in [0.15, 0.2) is 35.5 Å². The van der Waals surface area contributed by atoms with Crippen LogP contribution in [0.25, 0.3) is 5.70 Å². The summed E-state index contributed by atoms with van der Waals surface area (Å²) < 4.78 is 43.9. The van der Waals surface area contributed by atoms with Gasteiger partial charge < -0.3 is 17.4 Å². The van der Waals surface area contributed by atoms with E-state index in [1.54, 1.807) is 6.07 Å². The van der Waals surface area contributed by atoms with Gasteiger partial charge in [-0.25, -0.2) is 4.79 Å². The van der Waals surface area contributed by atoms with Crippen molar-refractivity contribution in [2.75, 3.05) is 6.61 Å². The molecule has 0 bridgehead atoms. The van der Waals surface area contributed by atoms with E-state index in [0.29, 0.717) is 0 Å². The molecule has 1 rings (SSSR count). The highest BCUT2D eigenvalue weighted by molar-refractivity contribution is 7.65. The number of ether oxygens (including phenoxy) is 1. The number of halogens is 3. The van der Waals surface area contributed by atoms with Crippen molar-refractivity contribution in [1.82, 2.24) is 0 Å². The molecule has 1 aromatic heterocycles. The van der Waals surface area contributed by atoms with E-state index in [1.165, 1.54) is 19.1 Å². The van der Waals surface area contributed by atoms with Crippen LogP contribution in [0.4, 0.5) is 13.2 Å². The topological polar surface area (TPSA) is 30.2 Å². The lowest BCUT2D eigenvalue weighted by Crippen LogP contribution is -2.41. The number of rotatable bonds is 3. The maximum Gasteiger partial charge on any atom is 0.476 e. The smallest absolute Gasteiger partial charge is 0.476 e. The maximum atomic E-state index is 12.9. The minimum atomic E-state index is -4.74. The molecule has 0 amide bonds. The molecule has 0 fully saturated rings. The first-order chi connectivity index (χ1) is 8.38. The van der Waals surface area contributed by atoms with Crippen molar-refractivity contribution >= 4 is 24.3 Å². The fourth-order valence-corrected chi connectivity index (χ4v) is 1.51. The number of aromatic nitrogens is 1. The van der Waals surface area contributed by atoms with Gasteiger partial charge in [0.1, 0.15) is 0 Å². The fourth-order valence-electron chi connectivity index (χ4n) is 1.23. The highest BCUT2D eigenvalue weighted by Gasteiger charge is 2.43. The molecule has 0 atom stereocenters. The molecule has 0 aliphatic carbocycles. The summed E-state index contributed by atoms with van der Waals surface area (Å²) in [4.78, 5) is 10.4. The van der Waals surface area contributed by atoms with Crippen LogP contribution in [-0.4, -0.2) is 18.8 Å². The van der Waals surface area contributed by atoms with Crippen LogP contribution >= 0.6 is 0 Å². The van der Waals surface area contributed by atoms with Crippen molar-refractivity contribution in [3.63, 3.8) is 0 Å². The monoisotopic (exact) mass is 277 g/mol. The van der Waals surface area contributed by atoms with Crippen molar-refractivity contribution in [2.24, 2.45) is 0 Å². The van der Waals surface area contributed by atoms with Crippen LogP contribution in [0, 0.1) is 0 Å². The number of allylic oxidation sites excluding steroid dienone is 1. The summed E-state index contributed by atoms with van der Waals surface area (Å²) in [5.41, 5.74) is -1.23. The lowest BCUT2D eigenvalue weighted by molar-refractivity contribution is -0.596. The fraction of sp³-hybridized carbons (Fsp3) is 0.273. The molecular weight excluding hydrogens is 267 g/mol. The van der Waals surface area contributed by atoms with Crippen molar-refractivity contribution in [2.45, 2.75) is 13.1 Å². The van der Waals surface area contributed by atoms with Crippen LogP contribution in [0.1, 0.15) is 6.92 Å². The minimum Gasteiger partial charge on any atom is -0.766 e. The van der Waals surface area contributed by atoms with Crippen LogP contribution in [0.2, 0.25) is 0 Å². The molecule has 18 heavy (non-hydrogen) atoms. The van der Waals surface area contributed by atoms with E-state index in [9.17, 15) is 18.0 Å². The number of carbonyl (C=O) groups is 1. The molecule has 1 heterocycles. The van der Waals surface area contributed by atoms with E-state index in [-0.39, 0.29) is 6.61 Å². The molecule has 98 valence electrons. The third kappa shape index (κ3) is 3.43. The Kier molecular flexibility index (Phi) is 4.66. The standard InChI is InChI=1S/C11H10F3NO2S/c1-2-17-10(16)8(18)9(11(12,13)14)15-6-4-3-5-7-15/h3-7H,2H2,1H3/b9-8-. The predicted molar refractivity (Wildman–Crippen MR) is 59.9 cm³/mol. The van der Waals surface area contributed by atoms with E-state index in [2.05, 4.69) is 17.4 Å². The molecule has 0 spiro atoms. The van der Waals surface area contributed by atoms with Crippen LogP contribution in [0.5, 0.6) is 0 Å². The van der Waals surface area contributed by atoms with E-state index in [1.807, 2.05) is 0 Å². The van der Waals surface area contributed by atoms with Crippen LogP contribution in [-0.2, 0) is 22.2 Å². The van der Waals surface area contributed by atoms with Gasteiger partial charge in [-0.2, -0.15) is 17.7 Å². The molecule has 0 radical (unpaired) electrons. The minimum absolute atomic E-state index is 0.0381. The number of carbonyl (C=O) groups excluding carboxylic acids is 1. The SMILES string of the molecule is CCOC(=O)/C([S-])=C(/[n+]1ccccc1)C(F)(F)F. The van der Waals surface area contributed by atoms with Gasteiger partial charge in [0.15, 0.2) is 12.4 Å². The number of hydrogen-bond acceptors (Lipinski definition) is 3. The van der Waals surface area contributed by atoms with Gasteiger partial charge in [-0.3, -0.25) is 0 Å². The zero-order valence-corrected chi connectivity index (χ0v) is 10.2. The normalized spacial score (nSPS) is 12.9. The highest BCUT2D eigenvalue weighted by Crippen LogP contribution is 2.28. The van der Waals surface area contributed by atoms with Gasteiger partial charge in [0, 0.05) is 12.1 Å². The van der Waals surface area contributed by atoms with Crippen molar-refractivity contribution < 1.29 is 27.3 Å². The molecule has 0 aromatic carbocycles. The summed E-state index contributed by atoms with van der Waals surface area (Å²) in [6, 6.07) is 4.36. The Balaban J connectivity index is 3.31. The number of hydrogen-bond donors (Lipinski definition) is 0. The Morgan fingerprint density at radius 3 is 2.28 bits per heavy atom. The molecule has 3 nitrogen and oxygen atoms in total. The molecule has 0 saturated carbocycles. The Labute approximate surface area is 107 Å². The average Bonchev–Trinajstić information content (AvgIpc) is 2.29. The number of alkyl halides is 3. The van der Waals surface area contributed by atoms with Gasteiger partial charge in [-0.1, -0.05) is 6.07 Å². The third-order valence-electron chi connectivity index (χ3n) is 1.92. The average molecular weight is 277 g/mol. The van der Waals surface area contributed by atoms with Crippen molar-refractivity contribution in [3.05, 3.63) is 35.5 Å². The van der Waals surface area contributed by atoms with Gasteiger partial charge in [0.2, 0.25) is 0 Å². The molecule has 7 heteroatoms. The van der Waals surface area contributed by atoms with Gasteiger partial charge in [-0.15, -0.1) is 0 Å². The Hall–Kier alpha value is -1.63. The Morgan fingerprint density at radius 2 is 1.83 bits per heavy atom. The molecule has 1 aromatic rings. The number of esters is 1. The zero-order valence-electron chi connectivity index (χ0n) is 9.40. The maximum absolute atomic E-state index is 12.9. The van der Waals surface area contributed by atoms with E-state index in [4.69, 9.17) is 0 Å². The first kappa shape index (κ1) is 14.4. The zero-order chi connectivity index (χ0) is 13.8. The molecular formula is C11H10F3NO2S. The highest BCUT2D eigenvalue weighted by atomic mass is 32.1. The molecule has 0 aliphatic rings. The molecule has 0 saturated heterocycles. The Bertz CT molecular complexity index is 457. The summed E-state index contributed by atoms with van der Waals surface area (Å²) in [5, 5.41) is 0. The van der Waals surface area contributed by atoms with E-state index >= 15 is 0 Å². The van der Waals surface area contributed by atoms with Crippen LogP contribution in [0.3, 0.4) is 0 Å². The van der Waals surface area contributed by atoms with Gasteiger partial charge >= 0.3 is 12.1 Å². The molecule has 0 aliphatic heterocycles. The van der Waals surface area contributed by atoms with Gasteiger partial charge in [-0.05, 0) is 11.8 Å². The third-order valence-corrected chi connectivity index (χ3v) is 2.28. The predicted octanol–water partition coefficient (Wildman–Crippen LogP) is 1.81.